The standard InChI is InChI=1S/C18H17N7O2/c1-12-8-15(23-27-12)22-16(26)10-24(2)17-9-14(13-6-4-3-5-7-13)21-18-19-11-20-25(17)18/h3-9,11H,10H2,1-2H3,(H,22,23,26). The van der Waals surface area contributed by atoms with Gasteiger partial charge in [-0.2, -0.15) is 14.6 Å². The molecular weight excluding hydrogens is 346 g/mol. The zero-order chi connectivity index (χ0) is 18.8. The first-order valence-corrected chi connectivity index (χ1v) is 8.30. The zero-order valence-corrected chi connectivity index (χ0v) is 14.8. The van der Waals surface area contributed by atoms with Crippen molar-refractivity contribution in [1.82, 2.24) is 24.7 Å². The smallest absolute Gasteiger partial charge is 0.254 e. The molecule has 0 bridgehead atoms. The molecule has 9 nitrogen and oxygen atoms in total. The normalized spacial score (nSPS) is 10.9. The van der Waals surface area contributed by atoms with Crippen LogP contribution < -0.4 is 10.2 Å². The quantitative estimate of drug-likeness (QED) is 0.580. The van der Waals surface area contributed by atoms with Gasteiger partial charge in [0.15, 0.2) is 5.82 Å². The van der Waals surface area contributed by atoms with E-state index in [4.69, 9.17) is 4.52 Å². The summed E-state index contributed by atoms with van der Waals surface area (Å²) in [6.07, 6.45) is 1.44. The van der Waals surface area contributed by atoms with Crippen LogP contribution in [0.4, 0.5) is 11.6 Å². The first-order chi connectivity index (χ1) is 13.1. The third kappa shape index (κ3) is 3.47. The Morgan fingerprint density at radius 1 is 1.26 bits per heavy atom. The van der Waals surface area contributed by atoms with Gasteiger partial charge in [0.1, 0.15) is 17.9 Å². The number of amides is 1. The number of nitrogens with one attached hydrogen (secondary N) is 1. The van der Waals surface area contributed by atoms with Gasteiger partial charge < -0.3 is 14.7 Å². The lowest BCUT2D eigenvalue weighted by Crippen LogP contribution is -2.31. The van der Waals surface area contributed by atoms with Gasteiger partial charge in [0.2, 0.25) is 5.91 Å². The van der Waals surface area contributed by atoms with Crippen molar-refractivity contribution in [2.45, 2.75) is 6.92 Å². The maximum atomic E-state index is 12.3. The molecule has 0 aliphatic carbocycles. The summed E-state index contributed by atoms with van der Waals surface area (Å²) in [6, 6.07) is 13.3. The van der Waals surface area contributed by atoms with Crippen LogP contribution in [0.1, 0.15) is 5.76 Å². The van der Waals surface area contributed by atoms with E-state index < -0.39 is 0 Å². The van der Waals surface area contributed by atoms with Crippen LogP contribution in [0.2, 0.25) is 0 Å². The van der Waals surface area contributed by atoms with Gasteiger partial charge in [-0.1, -0.05) is 35.5 Å². The molecule has 0 saturated heterocycles. The topological polar surface area (TPSA) is 101 Å². The molecule has 0 aliphatic rings. The number of carbonyl (C=O) groups excluding carboxylic acids is 1. The fraction of sp³-hybridized carbons (Fsp3) is 0.167. The third-order valence-electron chi connectivity index (χ3n) is 3.97. The van der Waals surface area contributed by atoms with E-state index >= 15 is 0 Å². The van der Waals surface area contributed by atoms with E-state index in [0.717, 1.165) is 11.3 Å². The fourth-order valence-corrected chi connectivity index (χ4v) is 2.73. The average Bonchev–Trinajstić information content (AvgIpc) is 3.30. The molecule has 1 N–H and O–H groups in total. The van der Waals surface area contributed by atoms with Crippen LogP contribution in [0.25, 0.3) is 17.0 Å². The van der Waals surface area contributed by atoms with E-state index in [0.29, 0.717) is 23.2 Å². The number of benzene rings is 1. The fourth-order valence-electron chi connectivity index (χ4n) is 2.73. The number of rotatable bonds is 5. The molecule has 0 unspecified atom stereocenters. The van der Waals surface area contributed by atoms with Crippen LogP contribution in [-0.4, -0.2) is 44.2 Å². The van der Waals surface area contributed by atoms with E-state index in [2.05, 4.69) is 25.5 Å². The van der Waals surface area contributed by atoms with Crippen LogP contribution >= 0.6 is 0 Å². The van der Waals surface area contributed by atoms with E-state index in [9.17, 15) is 4.79 Å². The minimum atomic E-state index is -0.225. The van der Waals surface area contributed by atoms with Gasteiger partial charge in [0.05, 0.1) is 12.2 Å². The zero-order valence-electron chi connectivity index (χ0n) is 14.8. The number of aromatic nitrogens is 5. The summed E-state index contributed by atoms with van der Waals surface area (Å²) in [5, 5.41) is 10.7. The summed E-state index contributed by atoms with van der Waals surface area (Å²) in [6.45, 7) is 1.86. The predicted molar refractivity (Wildman–Crippen MR) is 99.4 cm³/mol. The first kappa shape index (κ1) is 16.7. The molecule has 0 aliphatic heterocycles. The number of likely N-dealkylation sites (N-methyl/N-ethyl adjacent to an activating group) is 1. The number of nitrogens with zero attached hydrogens (tertiary/aromatic N) is 6. The molecule has 136 valence electrons. The number of hydrogen-bond acceptors (Lipinski definition) is 7. The van der Waals surface area contributed by atoms with Crippen molar-refractivity contribution in [3.05, 3.63) is 54.6 Å². The minimum absolute atomic E-state index is 0.0963. The Morgan fingerprint density at radius 3 is 2.81 bits per heavy atom. The number of fused-ring (bicyclic) bond motifs is 1. The Bertz CT molecular complexity index is 1090. The Hall–Kier alpha value is -3.75. The summed E-state index contributed by atoms with van der Waals surface area (Å²) in [4.78, 5) is 22.8. The van der Waals surface area contributed by atoms with E-state index in [1.165, 1.54) is 6.33 Å². The molecule has 1 aromatic carbocycles. The van der Waals surface area contributed by atoms with Crippen LogP contribution in [0, 0.1) is 6.92 Å². The molecule has 4 aromatic rings. The van der Waals surface area contributed by atoms with Gasteiger partial charge in [-0.3, -0.25) is 4.79 Å². The van der Waals surface area contributed by atoms with Crippen molar-refractivity contribution in [1.29, 1.82) is 0 Å². The molecule has 0 spiro atoms. The highest BCUT2D eigenvalue weighted by Gasteiger charge is 2.16. The van der Waals surface area contributed by atoms with Gasteiger partial charge in [0, 0.05) is 24.7 Å². The second-order valence-corrected chi connectivity index (χ2v) is 6.06. The van der Waals surface area contributed by atoms with Gasteiger partial charge in [-0.15, -0.1) is 0 Å². The molecule has 27 heavy (non-hydrogen) atoms. The van der Waals surface area contributed by atoms with Crippen molar-refractivity contribution < 1.29 is 9.32 Å². The second kappa shape index (κ2) is 6.87. The van der Waals surface area contributed by atoms with Crippen LogP contribution in [0.15, 0.2) is 53.3 Å². The molecule has 1 amide bonds. The highest BCUT2D eigenvalue weighted by molar-refractivity contribution is 5.93. The molecule has 3 heterocycles. The van der Waals surface area contributed by atoms with E-state index in [-0.39, 0.29) is 12.5 Å². The minimum Gasteiger partial charge on any atom is -0.360 e. The summed E-state index contributed by atoms with van der Waals surface area (Å²) in [5.74, 6) is 1.95. The first-order valence-electron chi connectivity index (χ1n) is 8.30. The lowest BCUT2D eigenvalue weighted by Gasteiger charge is -2.19. The highest BCUT2D eigenvalue weighted by atomic mass is 16.5. The Morgan fingerprint density at radius 2 is 2.07 bits per heavy atom. The third-order valence-corrected chi connectivity index (χ3v) is 3.97. The maximum absolute atomic E-state index is 12.3. The largest absolute Gasteiger partial charge is 0.360 e. The SMILES string of the molecule is Cc1cc(NC(=O)CN(C)c2cc(-c3ccccc3)nc3ncnn23)no1. The molecule has 0 radical (unpaired) electrons. The molecule has 4 rings (SSSR count). The van der Waals surface area contributed by atoms with Gasteiger partial charge in [0.25, 0.3) is 5.78 Å². The van der Waals surface area contributed by atoms with Crippen molar-refractivity contribution >= 4 is 23.3 Å². The lowest BCUT2D eigenvalue weighted by atomic mass is 10.1. The molecular formula is C18H17N7O2. The number of carbonyl (C=O) groups is 1. The van der Waals surface area contributed by atoms with Crippen LogP contribution in [0.3, 0.4) is 0 Å². The summed E-state index contributed by atoms with van der Waals surface area (Å²) in [5.41, 5.74) is 1.71. The molecule has 0 atom stereocenters. The Balaban J connectivity index is 1.61. The van der Waals surface area contributed by atoms with Crippen molar-refractivity contribution in [2.24, 2.45) is 0 Å². The Kier molecular flexibility index (Phi) is 4.25. The van der Waals surface area contributed by atoms with Gasteiger partial charge in [-0.25, -0.2) is 4.98 Å². The molecule has 3 aromatic heterocycles. The maximum Gasteiger partial charge on any atom is 0.254 e. The van der Waals surface area contributed by atoms with Crippen LogP contribution in [0.5, 0.6) is 0 Å². The summed E-state index contributed by atoms with van der Waals surface area (Å²) < 4.78 is 6.56. The predicted octanol–water partition coefficient (Wildman–Crippen LogP) is 2.16. The van der Waals surface area contributed by atoms with Crippen molar-refractivity contribution in [3.63, 3.8) is 0 Å². The molecule has 0 fully saturated rings. The number of aryl methyl sites for hydroxylation is 1. The molecule has 9 heteroatoms. The van der Waals surface area contributed by atoms with Gasteiger partial charge >= 0.3 is 0 Å². The number of anilines is 2. The summed E-state index contributed by atoms with van der Waals surface area (Å²) in [7, 11) is 1.80. The monoisotopic (exact) mass is 363 g/mol. The summed E-state index contributed by atoms with van der Waals surface area (Å²) >= 11 is 0. The van der Waals surface area contributed by atoms with Crippen molar-refractivity contribution in [3.8, 4) is 11.3 Å². The van der Waals surface area contributed by atoms with Crippen LogP contribution in [-0.2, 0) is 4.79 Å². The average molecular weight is 363 g/mol. The van der Waals surface area contributed by atoms with Gasteiger partial charge in [-0.05, 0) is 6.92 Å². The van der Waals surface area contributed by atoms with E-state index in [1.807, 2.05) is 36.4 Å². The molecule has 0 saturated carbocycles. The lowest BCUT2D eigenvalue weighted by molar-refractivity contribution is -0.115. The number of hydrogen-bond donors (Lipinski definition) is 1. The van der Waals surface area contributed by atoms with E-state index in [1.54, 1.807) is 29.5 Å². The van der Waals surface area contributed by atoms with Crippen molar-refractivity contribution in [2.75, 3.05) is 23.8 Å². The second-order valence-electron chi connectivity index (χ2n) is 6.06. The highest BCUT2D eigenvalue weighted by Crippen LogP contribution is 2.23. The Labute approximate surface area is 154 Å².